The van der Waals surface area contributed by atoms with Crippen molar-refractivity contribution >= 4 is 33.3 Å². The highest BCUT2D eigenvalue weighted by molar-refractivity contribution is 9.10. The number of halogens is 1. The maximum absolute atomic E-state index is 5.69. The van der Waals surface area contributed by atoms with Crippen molar-refractivity contribution in [2.75, 3.05) is 17.2 Å². The monoisotopic (exact) mass is 321 g/mol. The molecular formula is C13H16BrN5. The predicted octanol–water partition coefficient (Wildman–Crippen LogP) is 2.74. The minimum absolute atomic E-state index is 0.0813. The Morgan fingerprint density at radius 1 is 1.21 bits per heavy atom. The summed E-state index contributed by atoms with van der Waals surface area (Å²) in [6, 6.07) is 9.82. The summed E-state index contributed by atoms with van der Waals surface area (Å²) in [5, 5.41) is 6.37. The van der Waals surface area contributed by atoms with E-state index in [4.69, 9.17) is 5.73 Å². The van der Waals surface area contributed by atoms with E-state index in [0.717, 1.165) is 21.8 Å². The van der Waals surface area contributed by atoms with Gasteiger partial charge < -0.3 is 16.4 Å². The standard InChI is InChI=1S/C13H16BrN5/c1-9(15)7-16-12-6-13(18-8-17-12)19-11-4-2-10(14)3-5-11/h2-6,8-9H,7,15H2,1H3,(H2,16,17,18,19). The molecule has 0 bridgehead atoms. The summed E-state index contributed by atoms with van der Waals surface area (Å²) in [6.45, 7) is 2.61. The second-order valence-corrected chi connectivity index (χ2v) is 5.19. The zero-order valence-electron chi connectivity index (χ0n) is 10.6. The van der Waals surface area contributed by atoms with E-state index in [0.29, 0.717) is 6.54 Å². The van der Waals surface area contributed by atoms with Gasteiger partial charge in [0.2, 0.25) is 0 Å². The molecular weight excluding hydrogens is 306 g/mol. The number of aromatic nitrogens is 2. The third-order valence-electron chi connectivity index (χ3n) is 2.39. The number of hydrogen-bond acceptors (Lipinski definition) is 5. The van der Waals surface area contributed by atoms with Gasteiger partial charge in [-0.1, -0.05) is 15.9 Å². The molecule has 1 atom stereocenters. The molecule has 0 radical (unpaired) electrons. The second-order valence-electron chi connectivity index (χ2n) is 4.28. The molecule has 0 fully saturated rings. The van der Waals surface area contributed by atoms with Crippen LogP contribution in [0.5, 0.6) is 0 Å². The smallest absolute Gasteiger partial charge is 0.135 e. The molecule has 0 saturated carbocycles. The van der Waals surface area contributed by atoms with Crippen molar-refractivity contribution in [3.05, 3.63) is 41.1 Å². The van der Waals surface area contributed by atoms with Crippen LogP contribution >= 0.6 is 15.9 Å². The molecule has 1 unspecified atom stereocenters. The van der Waals surface area contributed by atoms with Crippen LogP contribution in [0.4, 0.5) is 17.3 Å². The van der Waals surface area contributed by atoms with Gasteiger partial charge >= 0.3 is 0 Å². The lowest BCUT2D eigenvalue weighted by atomic mass is 10.3. The molecule has 0 spiro atoms. The van der Waals surface area contributed by atoms with Crippen molar-refractivity contribution in [3.8, 4) is 0 Å². The Hall–Kier alpha value is -1.66. The normalized spacial score (nSPS) is 11.9. The molecule has 2 aromatic rings. The Kier molecular flexibility index (Phi) is 4.70. The largest absolute Gasteiger partial charge is 0.368 e. The van der Waals surface area contributed by atoms with Crippen molar-refractivity contribution in [1.29, 1.82) is 0 Å². The van der Waals surface area contributed by atoms with Crippen LogP contribution in [0.25, 0.3) is 0 Å². The summed E-state index contributed by atoms with van der Waals surface area (Å²) in [7, 11) is 0. The summed E-state index contributed by atoms with van der Waals surface area (Å²) < 4.78 is 1.04. The van der Waals surface area contributed by atoms with E-state index < -0.39 is 0 Å². The number of nitrogens with one attached hydrogen (secondary N) is 2. The van der Waals surface area contributed by atoms with Crippen molar-refractivity contribution in [1.82, 2.24) is 9.97 Å². The molecule has 19 heavy (non-hydrogen) atoms. The molecule has 0 aliphatic heterocycles. The zero-order valence-corrected chi connectivity index (χ0v) is 12.2. The first-order valence-electron chi connectivity index (χ1n) is 5.97. The van der Waals surface area contributed by atoms with Crippen LogP contribution in [0.3, 0.4) is 0 Å². The number of benzene rings is 1. The molecule has 4 N–H and O–H groups in total. The Bertz CT molecular complexity index is 527. The van der Waals surface area contributed by atoms with E-state index >= 15 is 0 Å². The van der Waals surface area contributed by atoms with Gasteiger partial charge in [-0.3, -0.25) is 0 Å². The van der Waals surface area contributed by atoms with Gasteiger partial charge in [-0.25, -0.2) is 9.97 Å². The molecule has 0 saturated heterocycles. The highest BCUT2D eigenvalue weighted by atomic mass is 79.9. The molecule has 0 aliphatic rings. The van der Waals surface area contributed by atoms with Gasteiger partial charge in [0.15, 0.2) is 0 Å². The molecule has 5 nitrogen and oxygen atoms in total. The van der Waals surface area contributed by atoms with Gasteiger partial charge in [0.05, 0.1) is 0 Å². The molecule has 0 aliphatic carbocycles. The lowest BCUT2D eigenvalue weighted by Crippen LogP contribution is -2.25. The van der Waals surface area contributed by atoms with Crippen molar-refractivity contribution in [3.63, 3.8) is 0 Å². The van der Waals surface area contributed by atoms with E-state index in [-0.39, 0.29) is 6.04 Å². The van der Waals surface area contributed by atoms with Crippen molar-refractivity contribution in [2.24, 2.45) is 5.73 Å². The average Bonchev–Trinajstić information content (AvgIpc) is 2.40. The van der Waals surface area contributed by atoms with Gasteiger partial charge in [0, 0.05) is 28.8 Å². The van der Waals surface area contributed by atoms with Gasteiger partial charge in [-0.05, 0) is 31.2 Å². The maximum atomic E-state index is 5.69. The molecule has 6 heteroatoms. The summed E-state index contributed by atoms with van der Waals surface area (Å²) >= 11 is 3.40. The van der Waals surface area contributed by atoms with E-state index in [2.05, 4.69) is 36.5 Å². The lowest BCUT2D eigenvalue weighted by molar-refractivity contribution is 0.777. The fourth-order valence-corrected chi connectivity index (χ4v) is 1.73. The van der Waals surface area contributed by atoms with Gasteiger partial charge in [-0.15, -0.1) is 0 Å². The molecule has 0 amide bonds. The number of nitrogens with two attached hydrogens (primary N) is 1. The molecule has 2 rings (SSSR count). The minimum Gasteiger partial charge on any atom is -0.368 e. The van der Waals surface area contributed by atoms with Gasteiger partial charge in [0.1, 0.15) is 18.0 Å². The lowest BCUT2D eigenvalue weighted by Gasteiger charge is -2.10. The molecule has 1 aromatic heterocycles. The van der Waals surface area contributed by atoms with Crippen LogP contribution < -0.4 is 16.4 Å². The second kappa shape index (κ2) is 6.49. The highest BCUT2D eigenvalue weighted by Gasteiger charge is 2.00. The fraction of sp³-hybridized carbons (Fsp3) is 0.231. The Balaban J connectivity index is 2.04. The summed E-state index contributed by atoms with van der Waals surface area (Å²) in [4.78, 5) is 8.32. The topological polar surface area (TPSA) is 75.9 Å². The van der Waals surface area contributed by atoms with Crippen molar-refractivity contribution < 1.29 is 0 Å². The Morgan fingerprint density at radius 2 is 1.89 bits per heavy atom. The third-order valence-corrected chi connectivity index (χ3v) is 2.92. The van der Waals surface area contributed by atoms with Crippen LogP contribution in [0.15, 0.2) is 41.1 Å². The van der Waals surface area contributed by atoms with E-state index in [1.54, 1.807) is 0 Å². The summed E-state index contributed by atoms with van der Waals surface area (Å²) in [5.41, 5.74) is 6.66. The van der Waals surface area contributed by atoms with Crippen LogP contribution in [0, 0.1) is 0 Å². The third kappa shape index (κ3) is 4.50. The SMILES string of the molecule is CC(N)CNc1cc(Nc2ccc(Br)cc2)ncn1. The maximum Gasteiger partial charge on any atom is 0.135 e. The average molecular weight is 322 g/mol. The Labute approximate surface area is 120 Å². The van der Waals surface area contributed by atoms with Gasteiger partial charge in [-0.2, -0.15) is 0 Å². The zero-order chi connectivity index (χ0) is 13.7. The quantitative estimate of drug-likeness (QED) is 0.789. The summed E-state index contributed by atoms with van der Waals surface area (Å²) in [5.74, 6) is 1.50. The number of nitrogens with zero attached hydrogens (tertiary/aromatic N) is 2. The predicted molar refractivity (Wildman–Crippen MR) is 81.6 cm³/mol. The molecule has 1 heterocycles. The van der Waals surface area contributed by atoms with Gasteiger partial charge in [0.25, 0.3) is 0 Å². The number of rotatable bonds is 5. The van der Waals surface area contributed by atoms with E-state index in [1.807, 2.05) is 37.3 Å². The highest BCUT2D eigenvalue weighted by Crippen LogP contribution is 2.18. The van der Waals surface area contributed by atoms with Crippen LogP contribution in [0.2, 0.25) is 0 Å². The number of anilines is 3. The van der Waals surface area contributed by atoms with Crippen LogP contribution in [0.1, 0.15) is 6.92 Å². The number of hydrogen-bond donors (Lipinski definition) is 3. The Morgan fingerprint density at radius 3 is 2.58 bits per heavy atom. The first kappa shape index (κ1) is 13.8. The van der Waals surface area contributed by atoms with E-state index in [1.165, 1.54) is 6.33 Å². The van der Waals surface area contributed by atoms with E-state index in [9.17, 15) is 0 Å². The first-order valence-corrected chi connectivity index (χ1v) is 6.77. The van der Waals surface area contributed by atoms with Crippen LogP contribution in [-0.4, -0.2) is 22.6 Å². The first-order chi connectivity index (χ1) is 9.13. The van der Waals surface area contributed by atoms with Crippen molar-refractivity contribution in [2.45, 2.75) is 13.0 Å². The molecule has 1 aromatic carbocycles. The minimum atomic E-state index is 0.0813. The van der Waals surface area contributed by atoms with Crippen LogP contribution in [-0.2, 0) is 0 Å². The summed E-state index contributed by atoms with van der Waals surface area (Å²) in [6.07, 6.45) is 1.52. The molecule has 100 valence electrons. The fourth-order valence-electron chi connectivity index (χ4n) is 1.47.